The van der Waals surface area contributed by atoms with Gasteiger partial charge in [-0.05, 0) is 38.1 Å². The van der Waals surface area contributed by atoms with Gasteiger partial charge in [-0.25, -0.2) is 0 Å². The lowest BCUT2D eigenvalue weighted by Gasteiger charge is -2.13. The van der Waals surface area contributed by atoms with E-state index in [0.29, 0.717) is 16.3 Å². The predicted octanol–water partition coefficient (Wildman–Crippen LogP) is 4.66. The summed E-state index contributed by atoms with van der Waals surface area (Å²) < 4.78 is 0. The molecule has 2 rings (SSSR count). The number of thioether (sulfide) groups is 1. The Morgan fingerprint density at radius 2 is 1.86 bits per heavy atom. The van der Waals surface area contributed by atoms with Gasteiger partial charge in [-0.3, -0.25) is 9.59 Å². The fourth-order valence-corrected chi connectivity index (χ4v) is 3.00. The van der Waals surface area contributed by atoms with Gasteiger partial charge in [0.2, 0.25) is 5.91 Å². The van der Waals surface area contributed by atoms with Crippen LogP contribution in [-0.2, 0) is 4.79 Å². The first-order valence-electron chi connectivity index (χ1n) is 6.80. The molecule has 0 radical (unpaired) electrons. The van der Waals surface area contributed by atoms with Gasteiger partial charge in [-0.2, -0.15) is 0 Å². The molecule has 1 amide bonds. The van der Waals surface area contributed by atoms with Crippen molar-refractivity contribution in [1.82, 2.24) is 0 Å². The number of Topliss-reactive ketones (excluding diaryl/α,β-unsaturated/α-hetero) is 1. The van der Waals surface area contributed by atoms with Gasteiger partial charge in [-0.1, -0.05) is 35.9 Å². The van der Waals surface area contributed by atoms with Gasteiger partial charge >= 0.3 is 0 Å². The van der Waals surface area contributed by atoms with Crippen molar-refractivity contribution >= 4 is 40.7 Å². The average Bonchev–Trinajstić information content (AvgIpc) is 2.49. The third-order valence-electron chi connectivity index (χ3n) is 3.05. The Labute approximate surface area is 139 Å². The molecule has 0 aliphatic heterocycles. The Balaban J connectivity index is 2.04. The number of ketones is 1. The second kappa shape index (κ2) is 7.47. The molecule has 0 aromatic heterocycles. The lowest BCUT2D eigenvalue weighted by molar-refractivity contribution is -0.115. The average molecular weight is 334 g/mol. The topological polar surface area (TPSA) is 46.2 Å². The number of rotatable bonds is 5. The zero-order valence-electron chi connectivity index (χ0n) is 12.3. The van der Waals surface area contributed by atoms with Gasteiger partial charge in [0.05, 0.1) is 10.3 Å². The van der Waals surface area contributed by atoms with E-state index < -0.39 is 0 Å². The highest BCUT2D eigenvalue weighted by Crippen LogP contribution is 2.30. The summed E-state index contributed by atoms with van der Waals surface area (Å²) >= 11 is 7.50. The minimum absolute atomic E-state index is 0.0328. The van der Waals surface area contributed by atoms with Gasteiger partial charge < -0.3 is 5.32 Å². The SMILES string of the molecule is CC(=O)c1cccc(NC(=O)[C@H](C)Sc2ccccc2Cl)c1. The molecule has 2 aromatic carbocycles. The highest BCUT2D eigenvalue weighted by Gasteiger charge is 2.16. The van der Waals surface area contributed by atoms with Gasteiger partial charge in [-0.15, -0.1) is 11.8 Å². The van der Waals surface area contributed by atoms with E-state index >= 15 is 0 Å². The summed E-state index contributed by atoms with van der Waals surface area (Å²) in [6, 6.07) is 14.3. The molecule has 2 aromatic rings. The molecule has 0 unspecified atom stereocenters. The first kappa shape index (κ1) is 16.6. The van der Waals surface area contributed by atoms with Gasteiger partial charge in [0.15, 0.2) is 5.78 Å². The Morgan fingerprint density at radius 3 is 2.55 bits per heavy atom. The van der Waals surface area contributed by atoms with Crippen LogP contribution in [0.25, 0.3) is 0 Å². The molecule has 1 atom stereocenters. The van der Waals surface area contributed by atoms with Crippen molar-refractivity contribution in [3.8, 4) is 0 Å². The minimum atomic E-state index is -0.305. The monoisotopic (exact) mass is 333 g/mol. The molecule has 0 fully saturated rings. The molecule has 0 aliphatic rings. The predicted molar refractivity (Wildman–Crippen MR) is 91.8 cm³/mol. The van der Waals surface area contributed by atoms with Crippen LogP contribution in [0.15, 0.2) is 53.4 Å². The Hall–Kier alpha value is -1.78. The summed E-state index contributed by atoms with van der Waals surface area (Å²) in [5.41, 5.74) is 1.19. The van der Waals surface area contributed by atoms with E-state index in [1.165, 1.54) is 18.7 Å². The fraction of sp³-hybridized carbons (Fsp3) is 0.176. The van der Waals surface area contributed by atoms with Gasteiger partial charge in [0, 0.05) is 16.1 Å². The minimum Gasteiger partial charge on any atom is -0.325 e. The van der Waals surface area contributed by atoms with E-state index in [1.807, 2.05) is 25.1 Å². The smallest absolute Gasteiger partial charge is 0.237 e. The molecule has 114 valence electrons. The molecule has 0 aliphatic carbocycles. The lowest BCUT2D eigenvalue weighted by atomic mass is 10.1. The summed E-state index contributed by atoms with van der Waals surface area (Å²) in [5, 5.41) is 3.15. The zero-order valence-corrected chi connectivity index (χ0v) is 13.9. The van der Waals surface area contributed by atoms with Crippen LogP contribution >= 0.6 is 23.4 Å². The first-order valence-corrected chi connectivity index (χ1v) is 8.06. The molecule has 1 N–H and O–H groups in total. The number of carbonyl (C=O) groups excluding carboxylic acids is 2. The maximum atomic E-state index is 12.2. The van der Waals surface area contributed by atoms with Gasteiger partial charge in [0.1, 0.15) is 0 Å². The van der Waals surface area contributed by atoms with E-state index in [1.54, 1.807) is 30.3 Å². The van der Waals surface area contributed by atoms with Crippen LogP contribution in [0.2, 0.25) is 5.02 Å². The molecule has 22 heavy (non-hydrogen) atoms. The lowest BCUT2D eigenvalue weighted by Crippen LogP contribution is -2.22. The van der Waals surface area contributed by atoms with Crippen LogP contribution in [0, 0.1) is 0 Å². The van der Waals surface area contributed by atoms with Crippen molar-refractivity contribution < 1.29 is 9.59 Å². The second-order valence-corrected chi connectivity index (χ2v) is 6.61. The number of hydrogen-bond acceptors (Lipinski definition) is 3. The summed E-state index contributed by atoms with van der Waals surface area (Å²) in [4.78, 5) is 24.5. The standard InChI is InChI=1S/C17H16ClNO2S/c1-11(20)13-6-5-7-14(10-13)19-17(21)12(2)22-16-9-4-3-8-15(16)18/h3-10,12H,1-2H3,(H,19,21)/t12-/m0/s1. The number of amides is 1. The zero-order chi connectivity index (χ0) is 16.1. The molecule has 3 nitrogen and oxygen atoms in total. The molecule has 5 heteroatoms. The highest BCUT2D eigenvalue weighted by molar-refractivity contribution is 8.00. The van der Waals surface area contributed by atoms with Crippen LogP contribution in [0.3, 0.4) is 0 Å². The van der Waals surface area contributed by atoms with Crippen LogP contribution in [0.4, 0.5) is 5.69 Å². The van der Waals surface area contributed by atoms with E-state index in [0.717, 1.165) is 4.90 Å². The molecule has 0 spiro atoms. The molecular formula is C17H16ClNO2S. The Kier molecular flexibility index (Phi) is 5.63. The van der Waals surface area contributed by atoms with Gasteiger partial charge in [0.25, 0.3) is 0 Å². The second-order valence-electron chi connectivity index (χ2n) is 4.82. The van der Waals surface area contributed by atoms with Crippen molar-refractivity contribution in [2.45, 2.75) is 24.0 Å². The largest absolute Gasteiger partial charge is 0.325 e. The maximum absolute atomic E-state index is 12.2. The maximum Gasteiger partial charge on any atom is 0.237 e. The van der Waals surface area contributed by atoms with E-state index in [9.17, 15) is 9.59 Å². The molecule has 0 bridgehead atoms. The summed E-state index contributed by atoms with van der Waals surface area (Å²) in [7, 11) is 0. The van der Waals surface area contributed by atoms with Crippen molar-refractivity contribution in [3.05, 3.63) is 59.1 Å². The number of halogens is 1. The number of nitrogens with one attached hydrogen (secondary N) is 1. The summed E-state index contributed by atoms with van der Waals surface area (Å²) in [6.07, 6.45) is 0. The van der Waals surface area contributed by atoms with Crippen molar-refractivity contribution in [2.75, 3.05) is 5.32 Å². The molecule has 0 heterocycles. The molecule has 0 saturated heterocycles. The number of hydrogen-bond donors (Lipinski definition) is 1. The van der Waals surface area contributed by atoms with Crippen molar-refractivity contribution in [1.29, 1.82) is 0 Å². The van der Waals surface area contributed by atoms with Crippen molar-refractivity contribution in [2.24, 2.45) is 0 Å². The Morgan fingerprint density at radius 1 is 1.14 bits per heavy atom. The third kappa shape index (κ3) is 4.36. The quantitative estimate of drug-likeness (QED) is 0.639. The van der Waals surface area contributed by atoms with Crippen molar-refractivity contribution in [3.63, 3.8) is 0 Å². The van der Waals surface area contributed by atoms with E-state index in [-0.39, 0.29) is 16.9 Å². The normalized spacial score (nSPS) is 11.8. The van der Waals surface area contributed by atoms with E-state index in [2.05, 4.69) is 5.32 Å². The number of carbonyl (C=O) groups is 2. The van der Waals surface area contributed by atoms with Crippen LogP contribution in [-0.4, -0.2) is 16.9 Å². The van der Waals surface area contributed by atoms with Crippen LogP contribution in [0.1, 0.15) is 24.2 Å². The number of benzene rings is 2. The van der Waals surface area contributed by atoms with E-state index in [4.69, 9.17) is 11.6 Å². The molecule has 0 saturated carbocycles. The first-order chi connectivity index (χ1) is 10.5. The summed E-state index contributed by atoms with van der Waals surface area (Å²) in [6.45, 7) is 3.31. The summed E-state index contributed by atoms with van der Waals surface area (Å²) in [5.74, 6) is -0.166. The van der Waals surface area contributed by atoms with Crippen LogP contribution < -0.4 is 5.32 Å². The Bertz CT molecular complexity index is 703. The third-order valence-corrected chi connectivity index (χ3v) is 4.67. The fourth-order valence-electron chi connectivity index (χ4n) is 1.84. The molecular weight excluding hydrogens is 318 g/mol. The number of anilines is 1. The van der Waals surface area contributed by atoms with Crippen LogP contribution in [0.5, 0.6) is 0 Å². The highest BCUT2D eigenvalue weighted by atomic mass is 35.5.